The van der Waals surface area contributed by atoms with E-state index in [2.05, 4.69) is 70.5 Å². The molecule has 0 saturated heterocycles. The van der Waals surface area contributed by atoms with Crippen molar-refractivity contribution in [3.05, 3.63) is 64.6 Å². The van der Waals surface area contributed by atoms with Crippen LogP contribution in [0.3, 0.4) is 0 Å². The van der Waals surface area contributed by atoms with Gasteiger partial charge in [-0.2, -0.15) is 0 Å². The van der Waals surface area contributed by atoms with Gasteiger partial charge in [-0.15, -0.1) is 11.8 Å². The van der Waals surface area contributed by atoms with Gasteiger partial charge in [0, 0.05) is 20.7 Å². The molecular formula is C17H18BrNS. The van der Waals surface area contributed by atoms with Gasteiger partial charge < -0.3 is 5.73 Å². The van der Waals surface area contributed by atoms with E-state index in [0.29, 0.717) is 5.92 Å². The number of rotatable bonds is 4. The first-order chi connectivity index (χ1) is 9.71. The highest BCUT2D eigenvalue weighted by atomic mass is 79.9. The molecule has 1 aliphatic rings. The molecule has 2 aromatic carbocycles. The Labute approximate surface area is 133 Å². The minimum absolute atomic E-state index is 0.217. The topological polar surface area (TPSA) is 26.0 Å². The molecule has 0 bridgehead atoms. The largest absolute Gasteiger partial charge is 0.329 e. The van der Waals surface area contributed by atoms with Crippen LogP contribution >= 0.6 is 27.7 Å². The van der Waals surface area contributed by atoms with Gasteiger partial charge in [-0.05, 0) is 48.6 Å². The molecule has 0 heterocycles. The lowest BCUT2D eigenvalue weighted by atomic mass is 9.70. The van der Waals surface area contributed by atoms with E-state index in [1.54, 1.807) is 0 Å². The van der Waals surface area contributed by atoms with E-state index < -0.39 is 0 Å². The van der Waals surface area contributed by atoms with Crippen molar-refractivity contribution in [2.24, 2.45) is 5.73 Å². The normalized spacial score (nSPS) is 25.2. The standard InChI is InChI=1S/C17H18BrNS/c18-15-6-8-16(9-7-15)20-17(12-19)10-14(11-17)13-4-2-1-3-5-13/h1-9,14H,10-12,19H2. The third-order valence-corrected chi connectivity index (χ3v) is 6.00. The molecule has 2 N–H and O–H groups in total. The molecular weight excluding hydrogens is 330 g/mol. The van der Waals surface area contributed by atoms with E-state index in [1.807, 2.05) is 11.8 Å². The van der Waals surface area contributed by atoms with Crippen molar-refractivity contribution < 1.29 is 0 Å². The summed E-state index contributed by atoms with van der Waals surface area (Å²) in [6, 6.07) is 19.3. The van der Waals surface area contributed by atoms with Crippen molar-refractivity contribution in [1.82, 2.24) is 0 Å². The predicted octanol–water partition coefficient (Wildman–Crippen LogP) is 4.82. The van der Waals surface area contributed by atoms with Gasteiger partial charge in [-0.1, -0.05) is 46.3 Å². The van der Waals surface area contributed by atoms with Crippen molar-refractivity contribution in [3.63, 3.8) is 0 Å². The van der Waals surface area contributed by atoms with E-state index in [0.717, 1.165) is 11.0 Å². The Morgan fingerprint density at radius 2 is 1.70 bits per heavy atom. The molecule has 1 fully saturated rings. The Bertz CT molecular complexity index is 561. The Hall–Kier alpha value is -0.770. The van der Waals surface area contributed by atoms with Crippen LogP contribution in [0.25, 0.3) is 0 Å². The maximum atomic E-state index is 6.06. The monoisotopic (exact) mass is 347 g/mol. The fourth-order valence-electron chi connectivity index (χ4n) is 2.84. The second-order valence-electron chi connectivity index (χ2n) is 5.46. The van der Waals surface area contributed by atoms with Crippen LogP contribution in [0.4, 0.5) is 0 Å². The van der Waals surface area contributed by atoms with E-state index in [9.17, 15) is 0 Å². The highest BCUT2D eigenvalue weighted by molar-refractivity contribution is 9.10. The highest BCUT2D eigenvalue weighted by Crippen LogP contribution is 2.54. The summed E-state index contributed by atoms with van der Waals surface area (Å²) >= 11 is 5.42. The maximum Gasteiger partial charge on any atom is 0.0341 e. The van der Waals surface area contributed by atoms with Gasteiger partial charge in [-0.25, -0.2) is 0 Å². The Morgan fingerprint density at radius 3 is 2.30 bits per heavy atom. The average Bonchev–Trinajstić information content (AvgIpc) is 2.45. The first kappa shape index (κ1) is 14.2. The number of hydrogen-bond donors (Lipinski definition) is 1. The van der Waals surface area contributed by atoms with Crippen LogP contribution in [-0.4, -0.2) is 11.3 Å². The van der Waals surface area contributed by atoms with Crippen LogP contribution in [0.5, 0.6) is 0 Å². The minimum Gasteiger partial charge on any atom is -0.329 e. The molecule has 0 atom stereocenters. The van der Waals surface area contributed by atoms with Crippen LogP contribution < -0.4 is 5.73 Å². The van der Waals surface area contributed by atoms with E-state index >= 15 is 0 Å². The molecule has 0 aliphatic heterocycles. The molecule has 2 aromatic rings. The quantitative estimate of drug-likeness (QED) is 0.858. The molecule has 104 valence electrons. The molecule has 0 amide bonds. The van der Waals surface area contributed by atoms with Crippen molar-refractivity contribution in [3.8, 4) is 0 Å². The molecule has 0 unspecified atom stereocenters. The molecule has 20 heavy (non-hydrogen) atoms. The molecule has 0 aromatic heterocycles. The SMILES string of the molecule is NCC1(Sc2ccc(Br)cc2)CC(c2ccccc2)C1. The van der Waals surface area contributed by atoms with Crippen molar-refractivity contribution >= 4 is 27.7 Å². The lowest BCUT2D eigenvalue weighted by molar-refractivity contribution is 0.313. The van der Waals surface area contributed by atoms with E-state index in [1.165, 1.54) is 23.3 Å². The molecule has 1 aliphatic carbocycles. The summed E-state index contributed by atoms with van der Waals surface area (Å²) in [5.41, 5.74) is 7.51. The van der Waals surface area contributed by atoms with Crippen molar-refractivity contribution in [2.75, 3.05) is 6.54 Å². The molecule has 1 saturated carbocycles. The zero-order valence-corrected chi connectivity index (χ0v) is 13.7. The molecule has 1 nitrogen and oxygen atoms in total. The summed E-state index contributed by atoms with van der Waals surface area (Å²) in [6.07, 6.45) is 2.35. The Balaban J connectivity index is 1.68. The summed E-state index contributed by atoms with van der Waals surface area (Å²) in [7, 11) is 0. The number of nitrogens with two attached hydrogens (primary N) is 1. The third kappa shape index (κ3) is 2.95. The third-order valence-electron chi connectivity index (χ3n) is 4.03. The summed E-state index contributed by atoms with van der Waals surface area (Å²) < 4.78 is 1.34. The smallest absolute Gasteiger partial charge is 0.0341 e. The van der Waals surface area contributed by atoms with Gasteiger partial charge in [-0.3, -0.25) is 0 Å². The van der Waals surface area contributed by atoms with Gasteiger partial charge >= 0.3 is 0 Å². The first-order valence-electron chi connectivity index (χ1n) is 6.90. The van der Waals surface area contributed by atoms with E-state index in [-0.39, 0.29) is 4.75 Å². The second-order valence-corrected chi connectivity index (χ2v) is 7.92. The fourth-order valence-corrected chi connectivity index (χ4v) is 4.53. The zero-order valence-electron chi connectivity index (χ0n) is 11.3. The highest BCUT2D eigenvalue weighted by Gasteiger charge is 2.44. The maximum absolute atomic E-state index is 6.06. The zero-order chi connectivity index (χ0) is 14.0. The molecule has 0 radical (unpaired) electrons. The van der Waals surface area contributed by atoms with Gasteiger partial charge in [0.25, 0.3) is 0 Å². The van der Waals surface area contributed by atoms with Gasteiger partial charge in [0.2, 0.25) is 0 Å². The summed E-state index contributed by atoms with van der Waals surface area (Å²) in [5, 5.41) is 0. The number of benzene rings is 2. The molecule has 3 rings (SSSR count). The number of hydrogen-bond acceptors (Lipinski definition) is 2. The minimum atomic E-state index is 0.217. The van der Waals surface area contributed by atoms with Crippen LogP contribution in [0, 0.1) is 0 Å². The lowest BCUT2D eigenvalue weighted by Gasteiger charge is -2.47. The predicted molar refractivity (Wildman–Crippen MR) is 90.2 cm³/mol. The summed E-state index contributed by atoms with van der Waals surface area (Å²) in [4.78, 5) is 1.31. The van der Waals surface area contributed by atoms with Gasteiger partial charge in [0.05, 0.1) is 0 Å². The van der Waals surface area contributed by atoms with Crippen LogP contribution in [0.15, 0.2) is 64.0 Å². The number of halogens is 1. The molecule has 0 spiro atoms. The summed E-state index contributed by atoms with van der Waals surface area (Å²) in [6.45, 7) is 0.747. The van der Waals surface area contributed by atoms with Crippen LogP contribution in [0.1, 0.15) is 24.3 Å². The van der Waals surface area contributed by atoms with Crippen LogP contribution in [0.2, 0.25) is 0 Å². The van der Waals surface area contributed by atoms with Crippen molar-refractivity contribution in [2.45, 2.75) is 28.4 Å². The van der Waals surface area contributed by atoms with Crippen molar-refractivity contribution in [1.29, 1.82) is 0 Å². The van der Waals surface area contributed by atoms with Crippen LogP contribution in [-0.2, 0) is 0 Å². The summed E-state index contributed by atoms with van der Waals surface area (Å²) in [5.74, 6) is 0.669. The van der Waals surface area contributed by atoms with Gasteiger partial charge in [0.1, 0.15) is 0 Å². The number of thioether (sulfide) groups is 1. The van der Waals surface area contributed by atoms with E-state index in [4.69, 9.17) is 5.73 Å². The Morgan fingerprint density at radius 1 is 1.05 bits per heavy atom. The Kier molecular flexibility index (Phi) is 4.20. The first-order valence-corrected chi connectivity index (χ1v) is 8.51. The fraction of sp³-hybridized carbons (Fsp3) is 0.294. The second kappa shape index (κ2) is 5.92. The van der Waals surface area contributed by atoms with Gasteiger partial charge in [0.15, 0.2) is 0 Å². The molecule has 3 heteroatoms. The lowest BCUT2D eigenvalue weighted by Crippen LogP contribution is -2.45. The average molecular weight is 348 g/mol.